The third kappa shape index (κ3) is 2.04. The van der Waals surface area contributed by atoms with Crippen LogP contribution in [0.1, 0.15) is 0 Å². The minimum absolute atomic E-state index is 0.265. The molecule has 0 saturated heterocycles. The van der Waals surface area contributed by atoms with Gasteiger partial charge in [0.1, 0.15) is 21.0 Å². The van der Waals surface area contributed by atoms with Crippen molar-refractivity contribution in [3.63, 3.8) is 0 Å². The third-order valence-electron chi connectivity index (χ3n) is 2.06. The predicted molar refractivity (Wildman–Crippen MR) is 49.3 cm³/mol. The van der Waals surface area contributed by atoms with Crippen LogP contribution in [0, 0.1) is 0 Å². The van der Waals surface area contributed by atoms with Crippen molar-refractivity contribution < 1.29 is 4.74 Å². The molecule has 0 radical (unpaired) electrons. The monoisotopic (exact) mass is 172 g/mol. The van der Waals surface area contributed by atoms with E-state index in [1.54, 1.807) is 6.40 Å². The minimum Gasteiger partial charge on any atom is -0.480 e. The van der Waals surface area contributed by atoms with Crippen molar-refractivity contribution >= 4 is 14.6 Å². The summed E-state index contributed by atoms with van der Waals surface area (Å²) in [5.41, 5.74) is 0. The van der Waals surface area contributed by atoms with Crippen LogP contribution < -0.4 is 0 Å². The summed E-state index contributed by atoms with van der Waals surface area (Å²) in [6.45, 7) is 7.64. The fraction of sp³-hybridized carbons (Fsp3) is 0.857. The van der Waals surface area contributed by atoms with E-state index < -0.39 is 8.24 Å². The van der Waals surface area contributed by atoms with Gasteiger partial charge < -0.3 is 9.30 Å². The highest BCUT2D eigenvalue weighted by atomic mass is 28.3. The largest absolute Gasteiger partial charge is 0.480 e. The fourth-order valence-electron chi connectivity index (χ4n) is 0.944. The molecule has 11 heavy (non-hydrogen) atoms. The first kappa shape index (κ1) is 8.74. The van der Waals surface area contributed by atoms with E-state index in [0.29, 0.717) is 0 Å². The van der Waals surface area contributed by atoms with E-state index in [4.69, 9.17) is 4.74 Å². The van der Waals surface area contributed by atoms with E-state index in [1.807, 2.05) is 0 Å². The van der Waals surface area contributed by atoms with Crippen molar-refractivity contribution in [2.75, 3.05) is 13.7 Å². The third-order valence-corrected chi connectivity index (χ3v) is 4.47. The first-order valence-electron chi connectivity index (χ1n) is 3.88. The number of hydrogen-bond donors (Lipinski definition) is 0. The lowest BCUT2D eigenvalue weighted by atomic mass is 10.6. The number of hydrogen-bond acceptors (Lipinski definition) is 3. The van der Waals surface area contributed by atoms with Crippen LogP contribution in [-0.4, -0.2) is 39.0 Å². The molecule has 0 aliphatic carbocycles. The lowest BCUT2D eigenvalue weighted by Crippen LogP contribution is -2.49. The second-order valence-corrected chi connectivity index (χ2v) is 8.90. The van der Waals surface area contributed by atoms with E-state index in [2.05, 4.69) is 36.2 Å². The zero-order chi connectivity index (χ0) is 8.48. The van der Waals surface area contributed by atoms with Gasteiger partial charge in [-0.15, -0.1) is 0 Å². The molecule has 0 bridgehead atoms. The van der Waals surface area contributed by atoms with Crippen molar-refractivity contribution in [3.05, 3.63) is 0 Å². The number of ether oxygens (including phenoxy) is 1. The fourth-order valence-corrected chi connectivity index (χ4v) is 1.98. The Hall–Kier alpha value is -0.353. The molecule has 3 nitrogen and oxygen atoms in total. The summed E-state index contributed by atoms with van der Waals surface area (Å²) in [5, 5.41) is 0. The maximum atomic E-state index is 5.06. The summed E-state index contributed by atoms with van der Waals surface area (Å²) in [6, 6.07) is 0. The molecule has 0 aromatic rings. The molecule has 0 N–H and O–H groups in total. The second-order valence-electron chi connectivity index (χ2n) is 3.85. The van der Waals surface area contributed by atoms with Gasteiger partial charge in [0, 0.05) is 0 Å². The van der Waals surface area contributed by atoms with Gasteiger partial charge in [-0.3, -0.25) is 0 Å². The van der Waals surface area contributed by atoms with Crippen molar-refractivity contribution in [2.45, 2.75) is 25.8 Å². The summed E-state index contributed by atoms with van der Waals surface area (Å²) in [7, 11) is 0.942. The Morgan fingerprint density at radius 1 is 1.55 bits per heavy atom. The maximum Gasteiger partial charge on any atom is 0.171 e. The van der Waals surface area contributed by atoms with Gasteiger partial charge in [0.2, 0.25) is 0 Å². The highest BCUT2D eigenvalue weighted by Crippen LogP contribution is 2.13. The Bertz CT molecular complexity index is 164. The van der Waals surface area contributed by atoms with E-state index >= 15 is 0 Å². The smallest absolute Gasteiger partial charge is 0.171 e. The topological polar surface area (TPSA) is 24.8 Å². The Balaban J connectivity index is 2.53. The van der Waals surface area contributed by atoms with E-state index in [1.165, 1.54) is 0 Å². The van der Waals surface area contributed by atoms with Gasteiger partial charge in [0.15, 0.2) is 6.40 Å². The molecular weight excluding hydrogens is 156 g/mol. The van der Waals surface area contributed by atoms with E-state index in [-0.39, 0.29) is 6.17 Å². The average molecular weight is 172 g/mol. The van der Waals surface area contributed by atoms with Crippen LogP contribution in [0.5, 0.6) is 0 Å². The average Bonchev–Trinajstić information content (AvgIpc) is 2.34. The van der Waals surface area contributed by atoms with Crippen LogP contribution in [-0.2, 0) is 4.74 Å². The van der Waals surface area contributed by atoms with Crippen molar-refractivity contribution in [1.82, 2.24) is 4.57 Å². The molecule has 1 heterocycles. The zero-order valence-corrected chi connectivity index (χ0v) is 8.66. The lowest BCUT2D eigenvalue weighted by molar-refractivity contribution is 0.259. The van der Waals surface area contributed by atoms with Gasteiger partial charge in [-0.25, -0.2) is 4.99 Å². The van der Waals surface area contributed by atoms with Gasteiger partial charge in [-0.05, 0) is 7.05 Å². The molecule has 0 aromatic heterocycles. The molecule has 1 aliphatic rings. The van der Waals surface area contributed by atoms with E-state index in [9.17, 15) is 0 Å². The second kappa shape index (κ2) is 2.95. The summed E-state index contributed by atoms with van der Waals surface area (Å²) in [4.78, 5) is 4.22. The Labute approximate surface area is 69.2 Å². The van der Waals surface area contributed by atoms with Crippen LogP contribution in [0.25, 0.3) is 0 Å². The number of nitrogens with zero attached hydrogens (tertiary/aromatic N) is 2. The van der Waals surface area contributed by atoms with Gasteiger partial charge in [-0.1, -0.05) is 19.6 Å². The molecule has 4 heteroatoms. The molecule has 64 valence electrons. The SMILES string of the molecule is CN(C1COC=N1)[Si](C)(C)C. The van der Waals surface area contributed by atoms with Gasteiger partial charge in [-0.2, -0.15) is 0 Å². The Kier molecular flexibility index (Phi) is 2.34. The summed E-state index contributed by atoms with van der Waals surface area (Å²) >= 11 is 0. The first-order valence-corrected chi connectivity index (χ1v) is 7.33. The summed E-state index contributed by atoms with van der Waals surface area (Å²) in [6.07, 6.45) is 1.82. The predicted octanol–water partition coefficient (Wildman–Crippen LogP) is 1.14. The molecular formula is C7H16N2OSi. The normalized spacial score (nSPS) is 24.3. The molecule has 0 amide bonds. The van der Waals surface area contributed by atoms with Gasteiger partial charge in [0.05, 0.1) is 0 Å². The molecule has 1 unspecified atom stereocenters. The standard InChI is InChI=1S/C7H16N2OSi/c1-9(11(2,3)4)7-5-10-6-8-7/h6-7H,5H2,1-4H3. The molecule has 1 aliphatic heterocycles. The zero-order valence-electron chi connectivity index (χ0n) is 7.66. The van der Waals surface area contributed by atoms with Crippen LogP contribution in [0.4, 0.5) is 0 Å². The van der Waals surface area contributed by atoms with Crippen molar-refractivity contribution in [2.24, 2.45) is 4.99 Å². The highest BCUT2D eigenvalue weighted by molar-refractivity contribution is 6.73. The van der Waals surface area contributed by atoms with Crippen molar-refractivity contribution in [1.29, 1.82) is 0 Å². The number of aliphatic imine (C=N–C) groups is 1. The highest BCUT2D eigenvalue weighted by Gasteiger charge is 2.28. The van der Waals surface area contributed by atoms with Crippen LogP contribution >= 0.6 is 0 Å². The van der Waals surface area contributed by atoms with E-state index in [0.717, 1.165) is 6.61 Å². The lowest BCUT2D eigenvalue weighted by Gasteiger charge is -2.32. The molecule has 0 fully saturated rings. The quantitative estimate of drug-likeness (QED) is 0.583. The number of likely N-dealkylation sites (N-methyl/N-ethyl adjacent to an activating group) is 1. The molecule has 1 atom stereocenters. The molecule has 0 saturated carbocycles. The van der Waals surface area contributed by atoms with Gasteiger partial charge in [0.25, 0.3) is 0 Å². The summed E-state index contributed by atoms with van der Waals surface area (Å²) in [5.74, 6) is 0. The van der Waals surface area contributed by atoms with Crippen LogP contribution in [0.2, 0.25) is 19.6 Å². The molecule has 0 spiro atoms. The summed E-state index contributed by atoms with van der Waals surface area (Å²) < 4.78 is 7.41. The maximum absolute atomic E-state index is 5.06. The first-order chi connectivity index (χ1) is 5.02. The van der Waals surface area contributed by atoms with Crippen LogP contribution in [0.15, 0.2) is 4.99 Å². The van der Waals surface area contributed by atoms with Crippen molar-refractivity contribution in [3.8, 4) is 0 Å². The van der Waals surface area contributed by atoms with Gasteiger partial charge >= 0.3 is 0 Å². The Morgan fingerprint density at radius 2 is 2.18 bits per heavy atom. The Morgan fingerprint density at radius 3 is 2.55 bits per heavy atom. The molecule has 1 rings (SSSR count). The molecule has 0 aromatic carbocycles. The number of rotatable bonds is 2. The van der Waals surface area contributed by atoms with Crippen LogP contribution in [0.3, 0.4) is 0 Å². The minimum atomic E-state index is -1.19.